The van der Waals surface area contributed by atoms with Crippen LogP contribution in [0.1, 0.15) is 19.4 Å². The maximum absolute atomic E-state index is 11.6. The predicted molar refractivity (Wildman–Crippen MR) is 78.9 cm³/mol. The summed E-state index contributed by atoms with van der Waals surface area (Å²) in [6, 6.07) is 7.13. The number of hydrogen-bond donors (Lipinski definition) is 3. The number of nitrogen functional groups attached to an aromatic ring is 1. The van der Waals surface area contributed by atoms with Crippen LogP contribution in [0.3, 0.4) is 0 Å². The summed E-state index contributed by atoms with van der Waals surface area (Å²) in [4.78, 5) is 22.6. The summed E-state index contributed by atoms with van der Waals surface area (Å²) in [5, 5.41) is 11.6. The molecule has 108 valence electrons. The smallest absolute Gasteiger partial charge is 0.308 e. The molecule has 1 unspecified atom stereocenters. The molecule has 1 atom stereocenters. The first-order valence-corrected chi connectivity index (χ1v) is 6.44. The second-order valence-corrected chi connectivity index (χ2v) is 4.94. The molecule has 1 aromatic carbocycles. The Bertz CT molecular complexity index is 510. The number of carboxylic acid groups (broad SMARTS) is 1. The van der Waals surface area contributed by atoms with Crippen molar-refractivity contribution in [3.63, 3.8) is 0 Å². The number of carbonyl (C=O) groups excluding carboxylic acids is 1. The maximum atomic E-state index is 11.6. The molecule has 1 amide bonds. The van der Waals surface area contributed by atoms with Crippen molar-refractivity contribution in [3.8, 4) is 0 Å². The van der Waals surface area contributed by atoms with Crippen molar-refractivity contribution in [2.45, 2.75) is 13.8 Å². The van der Waals surface area contributed by atoms with Crippen molar-refractivity contribution in [3.05, 3.63) is 35.9 Å². The second kappa shape index (κ2) is 7.33. The number of carbonyl (C=O) groups is 2. The maximum Gasteiger partial charge on any atom is 0.308 e. The van der Waals surface area contributed by atoms with Crippen LogP contribution < -0.4 is 11.1 Å². The zero-order valence-electron chi connectivity index (χ0n) is 11.7. The Morgan fingerprint density at radius 2 is 2.10 bits per heavy atom. The van der Waals surface area contributed by atoms with Crippen molar-refractivity contribution in [2.24, 2.45) is 11.8 Å². The Morgan fingerprint density at radius 1 is 1.40 bits per heavy atom. The number of benzene rings is 1. The van der Waals surface area contributed by atoms with Gasteiger partial charge in [-0.2, -0.15) is 0 Å². The quantitative estimate of drug-likeness (QED) is 0.545. The summed E-state index contributed by atoms with van der Waals surface area (Å²) < 4.78 is 0. The van der Waals surface area contributed by atoms with Gasteiger partial charge in [0.15, 0.2) is 0 Å². The average molecular weight is 276 g/mol. The molecule has 0 aliphatic carbocycles. The Labute approximate surface area is 118 Å². The molecule has 0 aromatic heterocycles. The van der Waals surface area contributed by atoms with E-state index in [0.717, 1.165) is 5.56 Å². The van der Waals surface area contributed by atoms with E-state index >= 15 is 0 Å². The third-order valence-electron chi connectivity index (χ3n) is 2.96. The summed E-state index contributed by atoms with van der Waals surface area (Å²) in [7, 11) is 0. The molecular formula is C15H20N2O3. The molecule has 4 N–H and O–H groups in total. The highest BCUT2D eigenvalue weighted by molar-refractivity contribution is 5.92. The molecule has 0 saturated carbocycles. The molecule has 0 radical (unpaired) electrons. The van der Waals surface area contributed by atoms with Crippen molar-refractivity contribution in [1.29, 1.82) is 0 Å². The van der Waals surface area contributed by atoms with Gasteiger partial charge in [-0.15, -0.1) is 0 Å². The van der Waals surface area contributed by atoms with E-state index in [4.69, 9.17) is 10.8 Å². The van der Waals surface area contributed by atoms with E-state index in [1.165, 1.54) is 6.08 Å². The Morgan fingerprint density at radius 3 is 2.65 bits per heavy atom. The van der Waals surface area contributed by atoms with Gasteiger partial charge < -0.3 is 16.2 Å². The Hall–Kier alpha value is -2.30. The number of anilines is 1. The molecule has 1 aromatic rings. The first-order chi connectivity index (χ1) is 9.40. The zero-order chi connectivity index (χ0) is 15.1. The van der Waals surface area contributed by atoms with Gasteiger partial charge in [0.05, 0.1) is 5.92 Å². The van der Waals surface area contributed by atoms with Crippen molar-refractivity contribution in [1.82, 2.24) is 5.32 Å². The molecular weight excluding hydrogens is 256 g/mol. The number of amides is 1. The van der Waals surface area contributed by atoms with E-state index in [-0.39, 0.29) is 18.4 Å². The number of nitrogens with one attached hydrogen (secondary N) is 1. The summed E-state index contributed by atoms with van der Waals surface area (Å²) in [6.07, 6.45) is 3.00. The number of carboxylic acids is 1. The first kappa shape index (κ1) is 15.8. The van der Waals surface area contributed by atoms with E-state index in [1.807, 2.05) is 19.9 Å². The third-order valence-corrected chi connectivity index (χ3v) is 2.96. The molecule has 0 heterocycles. The lowest BCUT2D eigenvalue weighted by molar-refractivity contribution is -0.143. The lowest BCUT2D eigenvalue weighted by Crippen LogP contribution is -2.34. The van der Waals surface area contributed by atoms with Crippen LogP contribution in [0.15, 0.2) is 30.3 Å². The van der Waals surface area contributed by atoms with Crippen LogP contribution in [0.4, 0.5) is 5.69 Å². The van der Waals surface area contributed by atoms with Crippen LogP contribution in [0.5, 0.6) is 0 Å². The van der Waals surface area contributed by atoms with Gasteiger partial charge in [-0.05, 0) is 29.7 Å². The average Bonchev–Trinajstić information content (AvgIpc) is 2.35. The SMILES string of the molecule is CC(C)C(CNC(=O)/C=C/c1cccc(N)c1)C(=O)O. The summed E-state index contributed by atoms with van der Waals surface area (Å²) >= 11 is 0. The van der Waals surface area contributed by atoms with Gasteiger partial charge in [-0.1, -0.05) is 26.0 Å². The fourth-order valence-electron chi connectivity index (χ4n) is 1.71. The van der Waals surface area contributed by atoms with Gasteiger partial charge in [0.2, 0.25) is 5.91 Å². The van der Waals surface area contributed by atoms with Gasteiger partial charge in [-0.25, -0.2) is 0 Å². The number of aliphatic carboxylic acids is 1. The van der Waals surface area contributed by atoms with Gasteiger partial charge in [0.1, 0.15) is 0 Å². The fourth-order valence-corrected chi connectivity index (χ4v) is 1.71. The molecule has 0 aliphatic heterocycles. The van der Waals surface area contributed by atoms with Gasteiger partial charge in [0, 0.05) is 18.3 Å². The molecule has 0 saturated heterocycles. The van der Waals surface area contributed by atoms with Crippen LogP contribution in [-0.4, -0.2) is 23.5 Å². The van der Waals surface area contributed by atoms with Crippen molar-refractivity contribution < 1.29 is 14.7 Å². The van der Waals surface area contributed by atoms with Gasteiger partial charge in [0.25, 0.3) is 0 Å². The van der Waals surface area contributed by atoms with E-state index in [0.29, 0.717) is 5.69 Å². The third kappa shape index (κ3) is 5.14. The summed E-state index contributed by atoms with van der Waals surface area (Å²) in [5.74, 6) is -1.84. The minimum atomic E-state index is -0.903. The molecule has 0 aliphatic rings. The molecule has 5 nitrogen and oxygen atoms in total. The van der Waals surface area contributed by atoms with Crippen LogP contribution >= 0.6 is 0 Å². The highest BCUT2D eigenvalue weighted by atomic mass is 16.4. The van der Waals surface area contributed by atoms with Crippen LogP contribution in [0, 0.1) is 11.8 Å². The topological polar surface area (TPSA) is 92.4 Å². The summed E-state index contributed by atoms with van der Waals surface area (Å²) in [5.41, 5.74) is 7.07. The van der Waals surface area contributed by atoms with Crippen LogP contribution in [0.2, 0.25) is 0 Å². The Balaban J connectivity index is 2.53. The molecule has 5 heteroatoms. The van der Waals surface area contributed by atoms with Crippen LogP contribution in [-0.2, 0) is 9.59 Å². The van der Waals surface area contributed by atoms with Gasteiger partial charge in [-0.3, -0.25) is 9.59 Å². The van der Waals surface area contributed by atoms with Crippen LogP contribution in [0.25, 0.3) is 6.08 Å². The monoisotopic (exact) mass is 276 g/mol. The molecule has 0 bridgehead atoms. The molecule has 20 heavy (non-hydrogen) atoms. The number of hydrogen-bond acceptors (Lipinski definition) is 3. The number of nitrogens with two attached hydrogens (primary N) is 1. The summed E-state index contributed by atoms with van der Waals surface area (Å²) in [6.45, 7) is 3.74. The van der Waals surface area contributed by atoms with Crippen molar-refractivity contribution >= 4 is 23.6 Å². The predicted octanol–water partition coefficient (Wildman–Crippen LogP) is 1.75. The number of rotatable bonds is 6. The lowest BCUT2D eigenvalue weighted by Gasteiger charge is -2.15. The lowest BCUT2D eigenvalue weighted by atomic mass is 9.96. The highest BCUT2D eigenvalue weighted by Gasteiger charge is 2.21. The van der Waals surface area contributed by atoms with E-state index in [2.05, 4.69) is 5.32 Å². The zero-order valence-corrected chi connectivity index (χ0v) is 11.7. The minimum Gasteiger partial charge on any atom is -0.481 e. The highest BCUT2D eigenvalue weighted by Crippen LogP contribution is 2.10. The second-order valence-electron chi connectivity index (χ2n) is 4.94. The molecule has 0 spiro atoms. The Kier molecular flexibility index (Phi) is 5.77. The van der Waals surface area contributed by atoms with E-state index in [9.17, 15) is 9.59 Å². The molecule has 1 rings (SSSR count). The standard InChI is InChI=1S/C15H20N2O3/c1-10(2)13(15(19)20)9-17-14(18)7-6-11-4-3-5-12(16)8-11/h3-8,10,13H,9,16H2,1-2H3,(H,17,18)(H,19,20)/b7-6+. The fraction of sp³-hybridized carbons (Fsp3) is 0.333. The largest absolute Gasteiger partial charge is 0.481 e. The normalized spacial score (nSPS) is 12.6. The van der Waals surface area contributed by atoms with Crippen molar-refractivity contribution in [2.75, 3.05) is 12.3 Å². The minimum absolute atomic E-state index is 0.0364. The van der Waals surface area contributed by atoms with Gasteiger partial charge >= 0.3 is 5.97 Å². The molecule has 0 fully saturated rings. The first-order valence-electron chi connectivity index (χ1n) is 6.44. The van der Waals surface area contributed by atoms with E-state index < -0.39 is 11.9 Å². The van der Waals surface area contributed by atoms with E-state index in [1.54, 1.807) is 24.3 Å².